The first-order valence-electron chi connectivity index (χ1n) is 7.67. The van der Waals surface area contributed by atoms with Crippen molar-refractivity contribution in [3.63, 3.8) is 0 Å². The molecule has 0 radical (unpaired) electrons. The molecule has 3 rings (SSSR count). The summed E-state index contributed by atoms with van der Waals surface area (Å²) in [5, 5.41) is 11.9. The van der Waals surface area contributed by atoms with E-state index >= 15 is 0 Å². The van der Waals surface area contributed by atoms with E-state index in [1.54, 1.807) is 0 Å². The first kappa shape index (κ1) is 18.8. The minimum Gasteiger partial charge on any atom is -0.434 e. The first-order valence-corrected chi connectivity index (χ1v) is 7.67. The SMILES string of the molecule is CN(C[C@]1(O)CC1(F)F)C(=O)Nc1cnc(Oc2ccc(F)cc2F)cn1. The van der Waals surface area contributed by atoms with Crippen molar-refractivity contribution in [1.29, 1.82) is 0 Å². The first-order chi connectivity index (χ1) is 12.6. The van der Waals surface area contributed by atoms with Gasteiger partial charge in [0.25, 0.3) is 5.92 Å². The van der Waals surface area contributed by atoms with Crippen LogP contribution in [0.4, 0.5) is 28.2 Å². The molecule has 2 aromatic rings. The number of benzene rings is 1. The molecule has 0 spiro atoms. The molecule has 11 heteroatoms. The van der Waals surface area contributed by atoms with E-state index in [1.165, 1.54) is 7.05 Å². The van der Waals surface area contributed by atoms with Crippen molar-refractivity contribution in [2.24, 2.45) is 0 Å². The van der Waals surface area contributed by atoms with Crippen molar-refractivity contribution < 1.29 is 32.2 Å². The van der Waals surface area contributed by atoms with E-state index in [4.69, 9.17) is 4.74 Å². The van der Waals surface area contributed by atoms with Gasteiger partial charge in [0.1, 0.15) is 5.82 Å². The van der Waals surface area contributed by atoms with Crippen LogP contribution in [0.25, 0.3) is 0 Å². The Hall–Kier alpha value is -2.95. The molecule has 1 aromatic heterocycles. The Morgan fingerprint density at radius 1 is 1.33 bits per heavy atom. The zero-order valence-electron chi connectivity index (χ0n) is 13.9. The third-order valence-corrected chi connectivity index (χ3v) is 3.89. The van der Waals surface area contributed by atoms with Crippen LogP contribution < -0.4 is 10.1 Å². The Morgan fingerprint density at radius 3 is 2.59 bits per heavy atom. The van der Waals surface area contributed by atoms with Gasteiger partial charge < -0.3 is 14.7 Å². The predicted molar refractivity (Wildman–Crippen MR) is 84.6 cm³/mol. The van der Waals surface area contributed by atoms with E-state index in [-0.39, 0.29) is 17.4 Å². The standard InChI is InChI=1S/C16H14F4N4O3/c1-24(8-15(26)7-16(15,19)20)14(25)23-12-5-22-13(6-21-12)27-11-3-2-9(17)4-10(11)18/h2-6,26H,7-8H2,1H3,(H,21,23,25)/t15-/m1/s1. The number of hydrogen-bond acceptors (Lipinski definition) is 5. The molecule has 2 N–H and O–H groups in total. The summed E-state index contributed by atoms with van der Waals surface area (Å²) in [5.41, 5.74) is -2.22. The normalized spacial score (nSPS) is 20.1. The van der Waals surface area contributed by atoms with Crippen LogP contribution in [0.1, 0.15) is 6.42 Å². The average Bonchev–Trinajstić information content (AvgIpc) is 3.08. The molecule has 0 saturated heterocycles. The molecule has 144 valence electrons. The van der Waals surface area contributed by atoms with Gasteiger partial charge in [-0.3, -0.25) is 5.32 Å². The second-order valence-corrected chi connectivity index (χ2v) is 6.12. The number of alkyl halides is 2. The lowest BCUT2D eigenvalue weighted by Gasteiger charge is -2.20. The molecule has 7 nitrogen and oxygen atoms in total. The number of urea groups is 1. The molecule has 1 aliphatic rings. The Balaban J connectivity index is 1.58. The maximum absolute atomic E-state index is 13.5. The monoisotopic (exact) mass is 386 g/mol. The summed E-state index contributed by atoms with van der Waals surface area (Å²) in [6, 6.07) is 1.95. The summed E-state index contributed by atoms with van der Waals surface area (Å²) < 4.78 is 57.5. The lowest BCUT2D eigenvalue weighted by Crippen LogP contribution is -2.40. The van der Waals surface area contributed by atoms with E-state index in [1.807, 2.05) is 0 Å². The average molecular weight is 386 g/mol. The Bertz CT molecular complexity index is 865. The highest BCUT2D eigenvalue weighted by Gasteiger charge is 2.71. The second-order valence-electron chi connectivity index (χ2n) is 6.12. The van der Waals surface area contributed by atoms with Crippen LogP contribution in [-0.2, 0) is 0 Å². The van der Waals surface area contributed by atoms with E-state index in [0.717, 1.165) is 29.4 Å². The van der Waals surface area contributed by atoms with Gasteiger partial charge in [-0.1, -0.05) is 0 Å². The minimum atomic E-state index is -3.21. The largest absolute Gasteiger partial charge is 0.434 e. The van der Waals surface area contributed by atoms with Crippen LogP contribution >= 0.6 is 0 Å². The van der Waals surface area contributed by atoms with E-state index in [2.05, 4.69) is 15.3 Å². The second kappa shape index (κ2) is 6.65. The summed E-state index contributed by atoms with van der Waals surface area (Å²) in [5.74, 6) is -5.30. The smallest absolute Gasteiger partial charge is 0.322 e. The van der Waals surface area contributed by atoms with Gasteiger partial charge in [0, 0.05) is 13.1 Å². The van der Waals surface area contributed by atoms with Gasteiger partial charge in [-0.25, -0.2) is 32.3 Å². The lowest BCUT2D eigenvalue weighted by molar-refractivity contribution is -0.0142. The third-order valence-electron chi connectivity index (χ3n) is 3.89. The van der Waals surface area contributed by atoms with Gasteiger partial charge in [0.05, 0.1) is 25.4 Å². The van der Waals surface area contributed by atoms with Crippen molar-refractivity contribution >= 4 is 11.8 Å². The molecule has 1 saturated carbocycles. The molecule has 0 unspecified atom stereocenters. The minimum absolute atomic E-state index is 0.0201. The van der Waals surface area contributed by atoms with Gasteiger partial charge in [0.2, 0.25) is 5.88 Å². The quantitative estimate of drug-likeness (QED) is 0.772. The summed E-state index contributed by atoms with van der Waals surface area (Å²) in [7, 11) is 1.24. The fourth-order valence-electron chi connectivity index (χ4n) is 2.27. The van der Waals surface area contributed by atoms with Crippen LogP contribution in [0.15, 0.2) is 30.6 Å². The van der Waals surface area contributed by atoms with E-state index < -0.39 is 42.2 Å². The molecule has 1 aromatic carbocycles. The van der Waals surface area contributed by atoms with Crippen LogP contribution in [-0.4, -0.2) is 51.1 Å². The lowest BCUT2D eigenvalue weighted by atomic mass is 10.3. The number of amides is 2. The molecule has 1 aliphatic carbocycles. The Labute approximate surface area is 150 Å². The van der Waals surface area contributed by atoms with E-state index in [9.17, 15) is 27.5 Å². The van der Waals surface area contributed by atoms with Crippen molar-refractivity contribution in [1.82, 2.24) is 14.9 Å². The summed E-state index contributed by atoms with van der Waals surface area (Å²) in [6.45, 7) is -0.551. The van der Waals surface area contributed by atoms with Crippen molar-refractivity contribution in [2.45, 2.75) is 17.9 Å². The van der Waals surface area contributed by atoms with Crippen LogP contribution in [0.2, 0.25) is 0 Å². The third kappa shape index (κ3) is 4.08. The topological polar surface area (TPSA) is 87.6 Å². The number of carbonyl (C=O) groups is 1. The van der Waals surface area contributed by atoms with Gasteiger partial charge in [-0.2, -0.15) is 0 Å². The van der Waals surface area contributed by atoms with Crippen LogP contribution in [0.5, 0.6) is 11.6 Å². The maximum atomic E-state index is 13.5. The molecular formula is C16H14F4N4O3. The molecule has 0 aliphatic heterocycles. The molecule has 0 bridgehead atoms. The highest BCUT2D eigenvalue weighted by atomic mass is 19.3. The number of hydrogen-bond donors (Lipinski definition) is 2. The summed E-state index contributed by atoms with van der Waals surface area (Å²) in [4.78, 5) is 20.5. The highest BCUT2D eigenvalue weighted by molar-refractivity contribution is 5.88. The number of nitrogens with zero attached hydrogens (tertiary/aromatic N) is 3. The van der Waals surface area contributed by atoms with E-state index in [0.29, 0.717) is 6.07 Å². The fourth-order valence-corrected chi connectivity index (χ4v) is 2.27. The number of aromatic nitrogens is 2. The van der Waals surface area contributed by atoms with Gasteiger partial charge >= 0.3 is 6.03 Å². The Kier molecular flexibility index (Phi) is 4.64. The number of carbonyl (C=O) groups excluding carboxylic acids is 1. The molecular weight excluding hydrogens is 372 g/mol. The molecule has 1 atom stereocenters. The Morgan fingerprint density at radius 2 is 2.04 bits per heavy atom. The van der Waals surface area contributed by atoms with Gasteiger partial charge in [-0.05, 0) is 12.1 Å². The van der Waals surface area contributed by atoms with Crippen LogP contribution in [0.3, 0.4) is 0 Å². The summed E-state index contributed by atoms with van der Waals surface area (Å²) >= 11 is 0. The number of rotatable bonds is 5. The number of aliphatic hydroxyl groups is 1. The van der Waals surface area contributed by atoms with Gasteiger partial charge in [-0.15, -0.1) is 0 Å². The van der Waals surface area contributed by atoms with Crippen molar-refractivity contribution in [3.05, 3.63) is 42.2 Å². The number of halogens is 4. The zero-order valence-corrected chi connectivity index (χ0v) is 13.9. The number of ether oxygens (including phenoxy) is 1. The molecule has 2 amide bonds. The zero-order chi connectivity index (χ0) is 19.8. The summed E-state index contributed by atoms with van der Waals surface area (Å²) in [6.07, 6.45) is 1.48. The number of likely N-dealkylation sites (N-methyl/N-ethyl adjacent to an activating group) is 1. The maximum Gasteiger partial charge on any atom is 0.322 e. The molecule has 1 heterocycles. The predicted octanol–water partition coefficient (Wildman–Crippen LogP) is 2.78. The van der Waals surface area contributed by atoms with Gasteiger partial charge in [0.15, 0.2) is 23.0 Å². The molecule has 1 fully saturated rings. The van der Waals surface area contributed by atoms with Crippen molar-refractivity contribution in [3.8, 4) is 11.6 Å². The van der Waals surface area contributed by atoms with Crippen molar-refractivity contribution in [2.75, 3.05) is 18.9 Å². The number of anilines is 1. The number of nitrogens with one attached hydrogen (secondary N) is 1. The fraction of sp³-hybridized carbons (Fsp3) is 0.312. The molecule has 27 heavy (non-hydrogen) atoms. The highest BCUT2D eigenvalue weighted by Crippen LogP contribution is 2.52. The van der Waals surface area contributed by atoms with Crippen LogP contribution in [0, 0.1) is 11.6 Å².